The van der Waals surface area contributed by atoms with Crippen LogP contribution in [0.3, 0.4) is 0 Å². The smallest absolute Gasteiger partial charge is 0.237 e. The van der Waals surface area contributed by atoms with E-state index in [-0.39, 0.29) is 15.8 Å². The molecule has 0 radical (unpaired) electrons. The van der Waals surface area contributed by atoms with E-state index in [0.717, 1.165) is 19.3 Å². The van der Waals surface area contributed by atoms with Crippen LogP contribution in [0.4, 0.5) is 0 Å². The molecule has 0 spiro atoms. The van der Waals surface area contributed by atoms with E-state index in [2.05, 4.69) is 21.2 Å². The van der Waals surface area contributed by atoms with E-state index in [0.29, 0.717) is 0 Å². The quantitative estimate of drug-likeness (QED) is 0.692. The lowest BCUT2D eigenvalue weighted by Gasteiger charge is -2.37. The molecule has 1 aliphatic carbocycles. The Morgan fingerprint density at radius 1 is 1.42 bits per heavy atom. The summed E-state index contributed by atoms with van der Waals surface area (Å²) in [4.78, 5) is 11.6. The zero-order chi connectivity index (χ0) is 9.41. The third kappa shape index (κ3) is 2.22. The van der Waals surface area contributed by atoms with Gasteiger partial charge in [0.05, 0.1) is 0 Å². The topological polar surface area (TPSA) is 29.1 Å². The Labute approximate surface area is 82.2 Å². The lowest BCUT2D eigenvalue weighted by atomic mass is 9.84. The highest BCUT2D eigenvalue weighted by Crippen LogP contribution is 2.40. The molecule has 0 heterocycles. The van der Waals surface area contributed by atoms with Gasteiger partial charge in [0.15, 0.2) is 0 Å². The van der Waals surface area contributed by atoms with Crippen LogP contribution in [0.5, 0.6) is 0 Å². The van der Waals surface area contributed by atoms with Crippen molar-refractivity contribution in [1.82, 2.24) is 5.32 Å². The first kappa shape index (κ1) is 10.0. The van der Waals surface area contributed by atoms with Crippen molar-refractivity contribution < 1.29 is 4.79 Å². The highest BCUT2D eigenvalue weighted by Gasteiger charge is 2.42. The minimum absolute atomic E-state index is 0.118. The Balaban J connectivity index is 2.49. The Morgan fingerprint density at radius 2 is 1.92 bits per heavy atom. The Hall–Kier alpha value is -0.0500. The molecule has 1 fully saturated rings. The van der Waals surface area contributed by atoms with Crippen LogP contribution in [0.1, 0.15) is 40.0 Å². The second kappa shape index (κ2) is 3.02. The molecule has 0 aromatic heterocycles. The van der Waals surface area contributed by atoms with Crippen LogP contribution in [0.25, 0.3) is 0 Å². The van der Waals surface area contributed by atoms with Crippen molar-refractivity contribution in [2.45, 2.75) is 49.9 Å². The summed E-state index contributed by atoms with van der Waals surface area (Å²) in [5, 5.41) is 2.98. The van der Waals surface area contributed by atoms with Crippen molar-refractivity contribution >= 4 is 21.8 Å². The highest BCUT2D eigenvalue weighted by molar-refractivity contribution is 9.10. The zero-order valence-corrected chi connectivity index (χ0v) is 9.49. The molecule has 12 heavy (non-hydrogen) atoms. The van der Waals surface area contributed by atoms with Crippen LogP contribution in [0, 0.1) is 0 Å². The summed E-state index contributed by atoms with van der Waals surface area (Å²) in [5.41, 5.74) is -0.118. The van der Waals surface area contributed by atoms with Gasteiger partial charge in [-0.1, -0.05) is 15.9 Å². The van der Waals surface area contributed by atoms with Crippen molar-refractivity contribution in [1.29, 1.82) is 0 Å². The number of amides is 1. The van der Waals surface area contributed by atoms with Gasteiger partial charge in [-0.05, 0) is 40.0 Å². The number of carbonyl (C=O) groups excluding carboxylic acids is 1. The fourth-order valence-corrected chi connectivity index (χ4v) is 1.83. The molecule has 1 saturated carbocycles. The summed E-state index contributed by atoms with van der Waals surface area (Å²) < 4.78 is -0.250. The molecule has 0 bridgehead atoms. The van der Waals surface area contributed by atoms with Gasteiger partial charge >= 0.3 is 0 Å². The first-order valence-electron chi connectivity index (χ1n) is 4.35. The van der Waals surface area contributed by atoms with Gasteiger partial charge in [0.25, 0.3) is 0 Å². The zero-order valence-electron chi connectivity index (χ0n) is 7.91. The third-order valence-corrected chi connectivity index (χ3v) is 3.19. The van der Waals surface area contributed by atoms with Crippen LogP contribution in [-0.4, -0.2) is 15.8 Å². The van der Waals surface area contributed by atoms with Gasteiger partial charge in [-0.2, -0.15) is 0 Å². The number of nitrogens with one attached hydrogen (secondary N) is 1. The van der Waals surface area contributed by atoms with Crippen LogP contribution in [0.2, 0.25) is 0 Å². The predicted molar refractivity (Wildman–Crippen MR) is 53.4 cm³/mol. The number of rotatable bonds is 1. The molecular formula is C9H16BrNO. The van der Waals surface area contributed by atoms with Gasteiger partial charge in [0.1, 0.15) is 4.32 Å². The minimum Gasteiger partial charge on any atom is -0.350 e. The minimum atomic E-state index is -0.250. The predicted octanol–water partition coefficient (Wildman–Crippen LogP) is 2.22. The van der Waals surface area contributed by atoms with Gasteiger partial charge in [-0.3, -0.25) is 4.79 Å². The fraction of sp³-hybridized carbons (Fsp3) is 0.889. The number of carbonyl (C=O) groups is 1. The maximum Gasteiger partial charge on any atom is 0.237 e. The van der Waals surface area contributed by atoms with E-state index < -0.39 is 0 Å². The lowest BCUT2D eigenvalue weighted by Crippen LogP contribution is -2.52. The molecule has 0 saturated heterocycles. The van der Waals surface area contributed by atoms with E-state index in [4.69, 9.17) is 0 Å². The first-order valence-corrected chi connectivity index (χ1v) is 5.14. The van der Waals surface area contributed by atoms with Crippen LogP contribution in [-0.2, 0) is 4.79 Å². The Kier molecular flexibility index (Phi) is 2.52. The normalized spacial score (nSPS) is 21.3. The standard InChI is InChI=1S/C9H16BrNO/c1-8(2,3)11-7(12)9(10)5-4-6-9/h4-6H2,1-3H3,(H,11,12). The Morgan fingerprint density at radius 3 is 2.17 bits per heavy atom. The van der Waals surface area contributed by atoms with Crippen molar-refractivity contribution in [3.8, 4) is 0 Å². The van der Waals surface area contributed by atoms with Crippen LogP contribution in [0.15, 0.2) is 0 Å². The van der Waals surface area contributed by atoms with Crippen molar-refractivity contribution in [2.75, 3.05) is 0 Å². The van der Waals surface area contributed by atoms with Gasteiger partial charge < -0.3 is 5.32 Å². The third-order valence-electron chi connectivity index (χ3n) is 2.04. The SMILES string of the molecule is CC(C)(C)NC(=O)C1(Br)CCC1. The second-order valence-corrected chi connectivity index (χ2v) is 6.04. The summed E-state index contributed by atoms with van der Waals surface area (Å²) in [7, 11) is 0. The molecule has 70 valence electrons. The van der Waals surface area contributed by atoms with Gasteiger partial charge in [-0.15, -0.1) is 0 Å². The van der Waals surface area contributed by atoms with Crippen LogP contribution < -0.4 is 5.32 Å². The lowest BCUT2D eigenvalue weighted by molar-refractivity contribution is -0.126. The van der Waals surface area contributed by atoms with E-state index in [9.17, 15) is 4.79 Å². The van der Waals surface area contributed by atoms with Gasteiger partial charge in [0.2, 0.25) is 5.91 Å². The molecule has 1 aliphatic rings. The molecular weight excluding hydrogens is 218 g/mol. The molecule has 0 unspecified atom stereocenters. The van der Waals surface area contributed by atoms with Crippen molar-refractivity contribution in [2.24, 2.45) is 0 Å². The molecule has 1 N–H and O–H groups in total. The fourth-order valence-electron chi connectivity index (χ4n) is 1.17. The van der Waals surface area contributed by atoms with Crippen LogP contribution >= 0.6 is 15.9 Å². The first-order chi connectivity index (χ1) is 5.33. The van der Waals surface area contributed by atoms with Crippen molar-refractivity contribution in [3.63, 3.8) is 0 Å². The van der Waals surface area contributed by atoms with Crippen molar-refractivity contribution in [3.05, 3.63) is 0 Å². The van der Waals surface area contributed by atoms with E-state index in [1.54, 1.807) is 0 Å². The number of hydrogen-bond donors (Lipinski definition) is 1. The van der Waals surface area contributed by atoms with E-state index >= 15 is 0 Å². The summed E-state index contributed by atoms with van der Waals surface area (Å²) in [6, 6.07) is 0. The Bertz CT molecular complexity index is 191. The second-order valence-electron chi connectivity index (χ2n) is 4.52. The van der Waals surface area contributed by atoms with Gasteiger partial charge in [0, 0.05) is 5.54 Å². The molecule has 0 aliphatic heterocycles. The molecule has 1 rings (SSSR count). The molecule has 0 aromatic rings. The van der Waals surface area contributed by atoms with Gasteiger partial charge in [-0.25, -0.2) is 0 Å². The molecule has 1 amide bonds. The number of hydrogen-bond acceptors (Lipinski definition) is 1. The maximum absolute atomic E-state index is 11.6. The van der Waals surface area contributed by atoms with E-state index in [1.807, 2.05) is 20.8 Å². The summed E-state index contributed by atoms with van der Waals surface area (Å²) >= 11 is 3.47. The summed E-state index contributed by atoms with van der Waals surface area (Å²) in [6.07, 6.45) is 3.09. The average molecular weight is 234 g/mol. The summed E-state index contributed by atoms with van der Waals surface area (Å²) in [5.74, 6) is 0.140. The molecule has 0 aromatic carbocycles. The number of alkyl halides is 1. The maximum atomic E-state index is 11.6. The molecule has 3 heteroatoms. The molecule has 2 nitrogen and oxygen atoms in total. The largest absolute Gasteiger partial charge is 0.350 e. The average Bonchev–Trinajstić information content (AvgIpc) is 1.78. The van der Waals surface area contributed by atoms with E-state index in [1.165, 1.54) is 0 Å². The molecule has 0 atom stereocenters. The number of halogens is 1. The monoisotopic (exact) mass is 233 g/mol. The summed E-state index contributed by atoms with van der Waals surface area (Å²) in [6.45, 7) is 6.00. The highest BCUT2D eigenvalue weighted by atomic mass is 79.9.